The van der Waals surface area contributed by atoms with Crippen molar-refractivity contribution in [3.63, 3.8) is 0 Å². The van der Waals surface area contributed by atoms with E-state index in [0.29, 0.717) is 5.75 Å². The van der Waals surface area contributed by atoms with Gasteiger partial charge in [-0.15, -0.1) is 0 Å². The van der Waals surface area contributed by atoms with Crippen molar-refractivity contribution in [2.45, 2.75) is 13.0 Å². The van der Waals surface area contributed by atoms with Gasteiger partial charge in [-0.25, -0.2) is 12.8 Å². The minimum Gasteiger partial charge on any atom is -0.497 e. The third-order valence-corrected chi connectivity index (χ3v) is 5.42. The van der Waals surface area contributed by atoms with Gasteiger partial charge >= 0.3 is 0 Å². The van der Waals surface area contributed by atoms with Crippen LogP contribution in [0.3, 0.4) is 0 Å². The summed E-state index contributed by atoms with van der Waals surface area (Å²) in [5.41, 5.74) is 0.374. The first-order chi connectivity index (χ1) is 13.1. The molecule has 2 rings (SSSR count). The molecule has 0 heterocycles. The molecule has 2 aromatic carbocycles. The molecule has 0 aliphatic rings. The second kappa shape index (κ2) is 8.66. The van der Waals surface area contributed by atoms with Gasteiger partial charge in [0.1, 0.15) is 23.4 Å². The largest absolute Gasteiger partial charge is 0.497 e. The first-order valence-corrected chi connectivity index (χ1v) is 10.3. The van der Waals surface area contributed by atoms with Crippen LogP contribution in [0.5, 0.6) is 11.5 Å². The summed E-state index contributed by atoms with van der Waals surface area (Å²) in [6.45, 7) is 1.42. The van der Waals surface area contributed by atoms with Crippen molar-refractivity contribution in [2.24, 2.45) is 0 Å². The Bertz CT molecular complexity index is 984. The molecule has 0 aliphatic heterocycles. The van der Waals surface area contributed by atoms with Crippen molar-refractivity contribution in [3.8, 4) is 11.5 Å². The Morgan fingerprint density at radius 2 is 1.86 bits per heavy atom. The van der Waals surface area contributed by atoms with E-state index >= 15 is 0 Å². The van der Waals surface area contributed by atoms with Gasteiger partial charge in [0.25, 0.3) is 0 Å². The molecule has 1 amide bonds. The Morgan fingerprint density at radius 3 is 2.39 bits per heavy atom. The highest BCUT2D eigenvalue weighted by Crippen LogP contribution is 2.35. The van der Waals surface area contributed by atoms with E-state index in [2.05, 4.69) is 5.32 Å². The summed E-state index contributed by atoms with van der Waals surface area (Å²) >= 11 is 5.72. The summed E-state index contributed by atoms with van der Waals surface area (Å²) in [5, 5.41) is 2.36. The van der Waals surface area contributed by atoms with Crippen molar-refractivity contribution < 1.29 is 27.1 Å². The van der Waals surface area contributed by atoms with Crippen LogP contribution >= 0.6 is 11.6 Å². The summed E-state index contributed by atoms with van der Waals surface area (Å²) in [4.78, 5) is 12.7. The lowest BCUT2D eigenvalue weighted by atomic mass is 10.2. The molecule has 1 atom stereocenters. The van der Waals surface area contributed by atoms with Crippen LogP contribution < -0.4 is 19.1 Å². The number of carbonyl (C=O) groups is 1. The van der Waals surface area contributed by atoms with Crippen LogP contribution in [0.25, 0.3) is 0 Å². The highest BCUT2D eigenvalue weighted by atomic mass is 35.5. The molecule has 0 aliphatic carbocycles. The quantitative estimate of drug-likeness (QED) is 0.728. The van der Waals surface area contributed by atoms with Crippen LogP contribution in [0, 0.1) is 5.82 Å². The molecular weight excluding hydrogens is 411 g/mol. The maximum absolute atomic E-state index is 13.3. The van der Waals surface area contributed by atoms with E-state index < -0.39 is 27.8 Å². The zero-order valence-corrected chi connectivity index (χ0v) is 17.3. The predicted octanol–water partition coefficient (Wildman–Crippen LogP) is 3.29. The van der Waals surface area contributed by atoms with Gasteiger partial charge in [-0.2, -0.15) is 0 Å². The first-order valence-electron chi connectivity index (χ1n) is 8.05. The number of sulfonamides is 1. The van der Waals surface area contributed by atoms with E-state index in [9.17, 15) is 17.6 Å². The number of hydrogen-bond acceptors (Lipinski definition) is 5. The first kappa shape index (κ1) is 21.8. The predicted molar refractivity (Wildman–Crippen MR) is 106 cm³/mol. The molecule has 0 fully saturated rings. The number of ether oxygens (including phenoxy) is 2. The third kappa shape index (κ3) is 4.85. The lowest BCUT2D eigenvalue weighted by Gasteiger charge is -2.29. The molecule has 2 aromatic rings. The van der Waals surface area contributed by atoms with E-state index in [-0.39, 0.29) is 22.1 Å². The van der Waals surface area contributed by atoms with E-state index in [1.807, 2.05) is 0 Å². The van der Waals surface area contributed by atoms with Crippen molar-refractivity contribution in [2.75, 3.05) is 30.1 Å². The second-order valence-corrected chi connectivity index (χ2v) is 8.16. The van der Waals surface area contributed by atoms with Crippen LogP contribution in [-0.4, -0.2) is 40.8 Å². The van der Waals surface area contributed by atoms with E-state index in [4.69, 9.17) is 21.1 Å². The number of amides is 1. The molecular formula is C18H20ClFN2O5S. The van der Waals surface area contributed by atoms with Crippen molar-refractivity contribution in [1.29, 1.82) is 0 Å². The van der Waals surface area contributed by atoms with Crippen LogP contribution in [0.15, 0.2) is 36.4 Å². The van der Waals surface area contributed by atoms with Crippen molar-refractivity contribution in [3.05, 3.63) is 47.2 Å². The molecule has 0 saturated heterocycles. The van der Waals surface area contributed by atoms with Crippen molar-refractivity contribution in [1.82, 2.24) is 0 Å². The fourth-order valence-electron chi connectivity index (χ4n) is 2.57. The van der Waals surface area contributed by atoms with Crippen LogP contribution in [0.2, 0.25) is 5.02 Å². The zero-order chi connectivity index (χ0) is 21.1. The van der Waals surface area contributed by atoms with Gasteiger partial charge in [-0.3, -0.25) is 9.10 Å². The van der Waals surface area contributed by atoms with Gasteiger partial charge in [0.15, 0.2) is 0 Å². The molecule has 0 bridgehead atoms. The van der Waals surface area contributed by atoms with Gasteiger partial charge in [0.2, 0.25) is 15.9 Å². The maximum atomic E-state index is 13.3. The average molecular weight is 431 g/mol. The Labute approximate surface area is 168 Å². The maximum Gasteiger partial charge on any atom is 0.247 e. The number of nitrogens with zero attached hydrogens (tertiary/aromatic N) is 1. The van der Waals surface area contributed by atoms with Crippen LogP contribution in [-0.2, 0) is 14.8 Å². The van der Waals surface area contributed by atoms with Crippen molar-refractivity contribution >= 4 is 38.9 Å². The Balaban J connectivity index is 2.43. The number of rotatable bonds is 7. The molecule has 0 spiro atoms. The Kier molecular flexibility index (Phi) is 6.73. The molecule has 7 nitrogen and oxygen atoms in total. The minimum atomic E-state index is -3.88. The summed E-state index contributed by atoms with van der Waals surface area (Å²) in [5.74, 6) is -0.636. The van der Waals surface area contributed by atoms with Crippen LogP contribution in [0.4, 0.5) is 15.8 Å². The molecule has 152 valence electrons. The molecule has 28 heavy (non-hydrogen) atoms. The topological polar surface area (TPSA) is 84.9 Å². The standard InChI is InChI=1S/C18H20ClFN2O5S/c1-11(18(23)21-12-5-7-15(20)14(19)9-12)22(28(4,24)25)16-10-13(26-2)6-8-17(16)27-3/h5-11H,1-4H3,(H,21,23)/t11-/m0/s1. The Morgan fingerprint density at radius 1 is 1.18 bits per heavy atom. The normalized spacial score (nSPS) is 12.2. The zero-order valence-electron chi connectivity index (χ0n) is 15.7. The van der Waals surface area contributed by atoms with E-state index in [1.165, 1.54) is 45.4 Å². The summed E-state index contributed by atoms with van der Waals surface area (Å²) < 4.78 is 49.6. The minimum absolute atomic E-state index is 0.143. The third-order valence-electron chi connectivity index (χ3n) is 3.90. The van der Waals surface area contributed by atoms with Gasteiger partial charge in [0.05, 0.1) is 31.2 Å². The molecule has 0 unspecified atom stereocenters. The number of methoxy groups -OCH3 is 2. The van der Waals surface area contributed by atoms with E-state index in [0.717, 1.165) is 16.6 Å². The monoisotopic (exact) mass is 430 g/mol. The fraction of sp³-hybridized carbons (Fsp3) is 0.278. The summed E-state index contributed by atoms with van der Waals surface area (Å²) in [6.07, 6.45) is 0.977. The van der Waals surface area contributed by atoms with Crippen LogP contribution in [0.1, 0.15) is 6.92 Å². The Hall–Kier alpha value is -2.52. The van der Waals surface area contributed by atoms with E-state index in [1.54, 1.807) is 6.07 Å². The number of anilines is 2. The molecule has 0 saturated carbocycles. The highest BCUT2D eigenvalue weighted by molar-refractivity contribution is 7.92. The summed E-state index contributed by atoms with van der Waals surface area (Å²) in [7, 11) is -1.05. The van der Waals surface area contributed by atoms with Gasteiger partial charge in [-0.1, -0.05) is 11.6 Å². The lowest BCUT2D eigenvalue weighted by molar-refractivity contribution is -0.116. The highest BCUT2D eigenvalue weighted by Gasteiger charge is 2.31. The second-order valence-electron chi connectivity index (χ2n) is 5.89. The lowest BCUT2D eigenvalue weighted by Crippen LogP contribution is -2.45. The smallest absolute Gasteiger partial charge is 0.247 e. The van der Waals surface area contributed by atoms with Gasteiger partial charge < -0.3 is 14.8 Å². The number of hydrogen-bond donors (Lipinski definition) is 1. The number of benzene rings is 2. The number of carbonyl (C=O) groups excluding carboxylic acids is 1. The van der Waals surface area contributed by atoms with Gasteiger partial charge in [0, 0.05) is 11.8 Å². The molecule has 10 heteroatoms. The average Bonchev–Trinajstić information content (AvgIpc) is 2.63. The summed E-state index contributed by atoms with van der Waals surface area (Å²) in [6, 6.07) is 7.10. The molecule has 0 radical (unpaired) electrons. The fourth-order valence-corrected chi connectivity index (χ4v) is 3.92. The number of nitrogens with one attached hydrogen (secondary N) is 1. The number of halogens is 2. The SMILES string of the molecule is COc1ccc(OC)c(N([C@@H](C)C(=O)Nc2ccc(F)c(Cl)c2)S(C)(=O)=O)c1. The molecule has 0 aromatic heterocycles. The van der Waals surface area contributed by atoms with Gasteiger partial charge in [-0.05, 0) is 37.3 Å². The molecule has 1 N–H and O–H groups in total.